The van der Waals surface area contributed by atoms with Gasteiger partial charge in [-0.15, -0.1) is 0 Å². The molecule has 0 aromatic carbocycles. The molecule has 0 fully saturated rings. The van der Waals surface area contributed by atoms with Crippen LogP contribution in [0.25, 0.3) is 0 Å². The zero-order chi connectivity index (χ0) is 21.4. The maximum absolute atomic E-state index is 12.0. The molecule has 172 valence electrons. The van der Waals surface area contributed by atoms with Crippen LogP contribution in [0.15, 0.2) is 12.7 Å². The van der Waals surface area contributed by atoms with Crippen LogP contribution in [-0.4, -0.2) is 12.1 Å². The Morgan fingerprint density at radius 3 is 1.45 bits per heavy atom. The second-order valence-corrected chi connectivity index (χ2v) is 8.81. The van der Waals surface area contributed by atoms with Crippen LogP contribution in [0.2, 0.25) is 0 Å². The first kappa shape index (κ1) is 28.2. The van der Waals surface area contributed by atoms with Crippen molar-refractivity contribution in [2.75, 3.05) is 0 Å². The summed E-state index contributed by atoms with van der Waals surface area (Å²) >= 11 is 0. The number of hydrogen-bond donors (Lipinski definition) is 0. The third-order valence-electron chi connectivity index (χ3n) is 5.87. The van der Waals surface area contributed by atoms with Crippen LogP contribution < -0.4 is 0 Å². The highest BCUT2D eigenvalue weighted by Gasteiger charge is 2.10. The molecule has 0 spiro atoms. The van der Waals surface area contributed by atoms with Gasteiger partial charge in [0, 0.05) is 6.42 Å². The molecule has 0 N–H and O–H groups in total. The smallest absolute Gasteiger partial charge is 0.306 e. The Hall–Kier alpha value is -0.790. The average molecular weight is 409 g/mol. The molecule has 2 heteroatoms. The van der Waals surface area contributed by atoms with Gasteiger partial charge in [-0.25, -0.2) is 0 Å². The van der Waals surface area contributed by atoms with Gasteiger partial charge in [0.15, 0.2) is 0 Å². The van der Waals surface area contributed by atoms with E-state index in [1.54, 1.807) is 0 Å². The van der Waals surface area contributed by atoms with Crippen molar-refractivity contribution in [3.05, 3.63) is 12.7 Å². The van der Waals surface area contributed by atoms with E-state index in [0.29, 0.717) is 6.42 Å². The van der Waals surface area contributed by atoms with Gasteiger partial charge >= 0.3 is 5.97 Å². The fourth-order valence-corrected chi connectivity index (χ4v) is 3.87. The van der Waals surface area contributed by atoms with E-state index in [4.69, 9.17) is 4.74 Å². The van der Waals surface area contributed by atoms with E-state index in [1.807, 2.05) is 6.08 Å². The van der Waals surface area contributed by atoms with Gasteiger partial charge < -0.3 is 4.74 Å². The Labute approximate surface area is 183 Å². The summed E-state index contributed by atoms with van der Waals surface area (Å²) in [5.41, 5.74) is 0. The molecule has 0 bridgehead atoms. The van der Waals surface area contributed by atoms with Crippen molar-refractivity contribution in [1.29, 1.82) is 0 Å². The van der Waals surface area contributed by atoms with Crippen LogP contribution in [-0.2, 0) is 9.53 Å². The van der Waals surface area contributed by atoms with Gasteiger partial charge in [-0.05, 0) is 19.3 Å². The lowest BCUT2D eigenvalue weighted by Gasteiger charge is -2.14. The van der Waals surface area contributed by atoms with Gasteiger partial charge in [-0.1, -0.05) is 136 Å². The van der Waals surface area contributed by atoms with Crippen LogP contribution in [0, 0.1) is 0 Å². The van der Waals surface area contributed by atoms with Crippen LogP contribution in [0.3, 0.4) is 0 Å². The van der Waals surface area contributed by atoms with E-state index >= 15 is 0 Å². The molecule has 0 saturated heterocycles. The van der Waals surface area contributed by atoms with Crippen molar-refractivity contribution in [3.8, 4) is 0 Å². The molecule has 0 radical (unpaired) electrons. The topological polar surface area (TPSA) is 26.3 Å². The van der Waals surface area contributed by atoms with E-state index in [2.05, 4.69) is 20.4 Å². The summed E-state index contributed by atoms with van der Waals surface area (Å²) in [6.45, 7) is 8.38. The zero-order valence-corrected chi connectivity index (χ0v) is 20.0. The second kappa shape index (κ2) is 23.5. The lowest BCUT2D eigenvalue weighted by atomic mass is 10.0. The number of carbonyl (C=O) groups is 1. The van der Waals surface area contributed by atoms with Crippen molar-refractivity contribution in [2.24, 2.45) is 0 Å². The zero-order valence-electron chi connectivity index (χ0n) is 20.0. The summed E-state index contributed by atoms with van der Waals surface area (Å²) < 4.78 is 5.60. The van der Waals surface area contributed by atoms with E-state index in [0.717, 1.165) is 25.7 Å². The maximum atomic E-state index is 12.0. The highest BCUT2D eigenvalue weighted by Crippen LogP contribution is 2.15. The fourth-order valence-electron chi connectivity index (χ4n) is 3.87. The normalized spacial score (nSPS) is 12.1. The molecule has 1 atom stereocenters. The second-order valence-electron chi connectivity index (χ2n) is 8.81. The van der Waals surface area contributed by atoms with Crippen LogP contribution >= 0.6 is 0 Å². The first-order valence-electron chi connectivity index (χ1n) is 13.1. The minimum Gasteiger partial charge on any atom is -0.458 e. The monoisotopic (exact) mass is 408 g/mol. The van der Waals surface area contributed by atoms with Crippen molar-refractivity contribution in [3.63, 3.8) is 0 Å². The molecule has 0 saturated carbocycles. The number of rotatable bonds is 23. The summed E-state index contributed by atoms with van der Waals surface area (Å²) in [5, 5.41) is 0. The van der Waals surface area contributed by atoms with Gasteiger partial charge in [0.05, 0.1) is 0 Å². The number of hydrogen-bond acceptors (Lipinski definition) is 2. The molecular formula is C27H52O2. The molecular weight excluding hydrogens is 356 g/mol. The summed E-state index contributed by atoms with van der Waals surface area (Å²) in [5.74, 6) is -0.0371. The van der Waals surface area contributed by atoms with E-state index < -0.39 is 0 Å². The molecule has 0 heterocycles. The number of ether oxygens (including phenoxy) is 1. The van der Waals surface area contributed by atoms with Crippen molar-refractivity contribution in [1.82, 2.24) is 0 Å². The number of unbranched alkanes of at least 4 members (excludes halogenated alkanes) is 17. The van der Waals surface area contributed by atoms with Crippen molar-refractivity contribution in [2.45, 2.75) is 155 Å². The Bertz CT molecular complexity index is 350. The lowest BCUT2D eigenvalue weighted by Crippen LogP contribution is -2.15. The predicted octanol–water partition coefficient (Wildman–Crippen LogP) is 9.32. The standard InChI is InChI=1S/C27H52O2/c1-4-7-9-11-13-15-17-18-20-22-24-26(6-3)29-27(28)25-23-21-19-16-14-12-10-8-5-2/h6,26H,3-5,7-25H2,1-2H3/t26-/m0/s1. The average Bonchev–Trinajstić information content (AvgIpc) is 2.73. The Kier molecular flexibility index (Phi) is 22.8. The first-order chi connectivity index (χ1) is 14.2. The molecule has 0 unspecified atom stereocenters. The van der Waals surface area contributed by atoms with Gasteiger partial charge in [0.1, 0.15) is 6.10 Å². The Morgan fingerprint density at radius 1 is 0.655 bits per heavy atom. The summed E-state index contributed by atoms with van der Waals surface area (Å²) in [7, 11) is 0. The van der Waals surface area contributed by atoms with Gasteiger partial charge in [0.2, 0.25) is 0 Å². The van der Waals surface area contributed by atoms with Gasteiger partial charge in [-0.3, -0.25) is 4.79 Å². The molecule has 0 aromatic heterocycles. The fraction of sp³-hybridized carbons (Fsp3) is 0.889. The van der Waals surface area contributed by atoms with Crippen LogP contribution in [0.4, 0.5) is 0 Å². The largest absolute Gasteiger partial charge is 0.458 e. The van der Waals surface area contributed by atoms with E-state index in [-0.39, 0.29) is 12.1 Å². The summed E-state index contributed by atoms with van der Waals surface area (Å²) in [6.07, 6.45) is 28.0. The third-order valence-corrected chi connectivity index (χ3v) is 5.87. The molecule has 0 aromatic rings. The Morgan fingerprint density at radius 2 is 1.03 bits per heavy atom. The SMILES string of the molecule is C=C[C@@H](CCCCCCCCCCCC)OC(=O)CCCCCCCCCCC. The number of esters is 1. The number of carbonyl (C=O) groups excluding carboxylic acids is 1. The first-order valence-corrected chi connectivity index (χ1v) is 13.1. The molecule has 0 aliphatic rings. The van der Waals surface area contributed by atoms with Gasteiger partial charge in [-0.2, -0.15) is 0 Å². The van der Waals surface area contributed by atoms with Gasteiger partial charge in [0.25, 0.3) is 0 Å². The molecule has 0 aliphatic carbocycles. The Balaban J connectivity index is 3.47. The van der Waals surface area contributed by atoms with Crippen LogP contribution in [0.1, 0.15) is 149 Å². The third kappa shape index (κ3) is 21.7. The molecule has 0 amide bonds. The quantitative estimate of drug-likeness (QED) is 0.0956. The van der Waals surface area contributed by atoms with E-state index in [1.165, 1.54) is 103 Å². The molecule has 0 rings (SSSR count). The molecule has 2 nitrogen and oxygen atoms in total. The predicted molar refractivity (Wildman–Crippen MR) is 128 cm³/mol. The van der Waals surface area contributed by atoms with Crippen LogP contribution in [0.5, 0.6) is 0 Å². The highest BCUT2D eigenvalue weighted by molar-refractivity contribution is 5.69. The minimum atomic E-state index is -0.0879. The molecule has 0 aliphatic heterocycles. The summed E-state index contributed by atoms with van der Waals surface area (Å²) in [4.78, 5) is 12.0. The van der Waals surface area contributed by atoms with Crippen molar-refractivity contribution < 1.29 is 9.53 Å². The van der Waals surface area contributed by atoms with E-state index in [9.17, 15) is 4.79 Å². The highest BCUT2D eigenvalue weighted by atomic mass is 16.5. The maximum Gasteiger partial charge on any atom is 0.306 e. The van der Waals surface area contributed by atoms with Crippen molar-refractivity contribution >= 4 is 5.97 Å². The minimum absolute atomic E-state index is 0.0371. The lowest BCUT2D eigenvalue weighted by molar-refractivity contribution is -0.147. The molecule has 29 heavy (non-hydrogen) atoms. The summed E-state index contributed by atoms with van der Waals surface area (Å²) in [6, 6.07) is 0.